The van der Waals surface area contributed by atoms with E-state index in [1.54, 1.807) is 11.1 Å². The van der Waals surface area contributed by atoms with Gasteiger partial charge in [0.15, 0.2) is 0 Å². The van der Waals surface area contributed by atoms with Gasteiger partial charge in [0.2, 0.25) is 0 Å². The zero-order chi connectivity index (χ0) is 11.3. The van der Waals surface area contributed by atoms with Gasteiger partial charge in [0.25, 0.3) is 5.91 Å². The molecule has 0 aromatic carbocycles. The number of nitrogens with zero attached hydrogens (tertiary/aromatic N) is 2. The lowest BCUT2D eigenvalue weighted by Gasteiger charge is -2.20. The summed E-state index contributed by atoms with van der Waals surface area (Å²) in [6.07, 6.45) is 2.50. The number of hydrogen-bond donors (Lipinski definition) is 2. The largest absolute Gasteiger partial charge is 0.337 e. The number of nitrogens with two attached hydrogens (primary N) is 1. The number of aromatic nitrogens is 2. The number of amides is 1. The van der Waals surface area contributed by atoms with Crippen LogP contribution in [0.15, 0.2) is 6.20 Å². The van der Waals surface area contributed by atoms with E-state index < -0.39 is 0 Å². The van der Waals surface area contributed by atoms with Crippen LogP contribution in [-0.2, 0) is 0 Å². The van der Waals surface area contributed by atoms with E-state index in [-0.39, 0.29) is 5.91 Å². The lowest BCUT2D eigenvalue weighted by molar-refractivity contribution is 0.0759. The first-order valence-corrected chi connectivity index (χ1v) is 5.20. The average Bonchev–Trinajstić information content (AvgIpc) is 2.63. The highest BCUT2D eigenvalue weighted by Crippen LogP contribution is 2.07. The summed E-state index contributed by atoms with van der Waals surface area (Å²) in [5.41, 5.74) is 6.91. The summed E-state index contributed by atoms with van der Waals surface area (Å²) in [5.74, 6) is 0.00792. The van der Waals surface area contributed by atoms with Crippen LogP contribution in [0, 0.1) is 6.92 Å². The van der Waals surface area contributed by atoms with Gasteiger partial charge in [-0.25, -0.2) is 0 Å². The summed E-state index contributed by atoms with van der Waals surface area (Å²) in [5, 5.41) is 6.60. The molecule has 1 aromatic heterocycles. The molecule has 0 radical (unpaired) electrons. The first-order valence-electron chi connectivity index (χ1n) is 5.20. The Balaban J connectivity index is 2.76. The molecule has 0 atom stereocenters. The Morgan fingerprint density at radius 3 is 2.80 bits per heavy atom. The molecular formula is C10H18N4O. The summed E-state index contributed by atoms with van der Waals surface area (Å²) in [4.78, 5) is 13.8. The number of carbonyl (C=O) groups excluding carboxylic acids is 1. The third kappa shape index (κ3) is 2.79. The highest BCUT2D eigenvalue weighted by molar-refractivity contribution is 5.95. The predicted octanol–water partition coefficient (Wildman–Crippen LogP) is 0.529. The van der Waals surface area contributed by atoms with Crippen molar-refractivity contribution >= 4 is 5.91 Å². The minimum atomic E-state index is 0.00792. The molecule has 0 fully saturated rings. The second-order valence-electron chi connectivity index (χ2n) is 3.49. The van der Waals surface area contributed by atoms with Gasteiger partial charge in [-0.1, -0.05) is 6.92 Å². The molecule has 1 rings (SSSR count). The molecule has 1 heterocycles. The van der Waals surface area contributed by atoms with Crippen molar-refractivity contribution in [3.63, 3.8) is 0 Å². The van der Waals surface area contributed by atoms with Crippen LogP contribution >= 0.6 is 0 Å². The maximum atomic E-state index is 12.0. The topological polar surface area (TPSA) is 75.0 Å². The van der Waals surface area contributed by atoms with Gasteiger partial charge in [0.05, 0.1) is 11.8 Å². The zero-order valence-corrected chi connectivity index (χ0v) is 9.29. The molecule has 1 amide bonds. The molecule has 0 saturated heterocycles. The molecule has 0 bridgehead atoms. The van der Waals surface area contributed by atoms with Crippen molar-refractivity contribution in [2.45, 2.75) is 20.3 Å². The van der Waals surface area contributed by atoms with E-state index in [1.807, 2.05) is 13.8 Å². The van der Waals surface area contributed by atoms with Gasteiger partial charge in [0, 0.05) is 25.3 Å². The maximum absolute atomic E-state index is 12.0. The van der Waals surface area contributed by atoms with E-state index in [0.29, 0.717) is 18.7 Å². The molecule has 1 aromatic rings. The Bertz CT molecular complexity index is 315. The van der Waals surface area contributed by atoms with Gasteiger partial charge >= 0.3 is 0 Å². The Kier molecular flexibility index (Phi) is 4.30. The molecule has 3 N–H and O–H groups in total. The number of carbonyl (C=O) groups is 1. The minimum Gasteiger partial charge on any atom is -0.337 e. The number of hydrogen-bond acceptors (Lipinski definition) is 3. The van der Waals surface area contributed by atoms with E-state index in [1.165, 1.54) is 0 Å². The van der Waals surface area contributed by atoms with Crippen molar-refractivity contribution < 1.29 is 4.79 Å². The first kappa shape index (κ1) is 11.7. The van der Waals surface area contributed by atoms with E-state index in [4.69, 9.17) is 5.73 Å². The van der Waals surface area contributed by atoms with Crippen LogP contribution in [0.25, 0.3) is 0 Å². The molecule has 15 heavy (non-hydrogen) atoms. The first-order chi connectivity index (χ1) is 7.20. The van der Waals surface area contributed by atoms with Crippen LogP contribution < -0.4 is 5.73 Å². The normalized spacial score (nSPS) is 10.3. The highest BCUT2D eigenvalue weighted by atomic mass is 16.2. The summed E-state index contributed by atoms with van der Waals surface area (Å²) in [6, 6.07) is 0. The Labute approximate surface area is 89.6 Å². The van der Waals surface area contributed by atoms with Crippen molar-refractivity contribution in [1.82, 2.24) is 15.1 Å². The molecule has 0 saturated carbocycles. The highest BCUT2D eigenvalue weighted by Gasteiger charge is 2.17. The van der Waals surface area contributed by atoms with Crippen molar-refractivity contribution in [3.8, 4) is 0 Å². The lowest BCUT2D eigenvalue weighted by atomic mass is 10.2. The van der Waals surface area contributed by atoms with Crippen molar-refractivity contribution in [2.24, 2.45) is 5.73 Å². The van der Waals surface area contributed by atoms with Crippen LogP contribution in [-0.4, -0.2) is 40.6 Å². The number of aryl methyl sites for hydroxylation is 1. The van der Waals surface area contributed by atoms with Gasteiger partial charge in [-0.3, -0.25) is 9.89 Å². The maximum Gasteiger partial charge on any atom is 0.257 e. The number of rotatable bonds is 5. The van der Waals surface area contributed by atoms with E-state index >= 15 is 0 Å². The van der Waals surface area contributed by atoms with Gasteiger partial charge in [-0.2, -0.15) is 5.10 Å². The SMILES string of the molecule is CCCN(CCN)C(=O)c1cn[nH]c1C. The fourth-order valence-corrected chi connectivity index (χ4v) is 1.48. The summed E-state index contributed by atoms with van der Waals surface area (Å²) in [6.45, 7) is 5.70. The second kappa shape index (κ2) is 5.50. The van der Waals surface area contributed by atoms with Crippen LogP contribution in [0.5, 0.6) is 0 Å². The Morgan fingerprint density at radius 2 is 2.33 bits per heavy atom. The predicted molar refractivity (Wildman–Crippen MR) is 58.6 cm³/mol. The quantitative estimate of drug-likeness (QED) is 0.744. The van der Waals surface area contributed by atoms with Crippen LogP contribution in [0.3, 0.4) is 0 Å². The smallest absolute Gasteiger partial charge is 0.257 e. The summed E-state index contributed by atoms with van der Waals surface area (Å²) in [7, 11) is 0. The van der Waals surface area contributed by atoms with Gasteiger partial charge in [0.1, 0.15) is 0 Å². The minimum absolute atomic E-state index is 0.00792. The molecule has 0 spiro atoms. The number of H-pyrrole nitrogens is 1. The van der Waals surface area contributed by atoms with Gasteiger partial charge in [-0.05, 0) is 13.3 Å². The molecule has 5 heteroatoms. The molecule has 0 aliphatic carbocycles. The summed E-state index contributed by atoms with van der Waals surface area (Å²) >= 11 is 0. The number of nitrogens with one attached hydrogen (secondary N) is 1. The van der Waals surface area contributed by atoms with Crippen molar-refractivity contribution in [1.29, 1.82) is 0 Å². The van der Waals surface area contributed by atoms with Gasteiger partial charge < -0.3 is 10.6 Å². The fourth-order valence-electron chi connectivity index (χ4n) is 1.48. The van der Waals surface area contributed by atoms with Crippen molar-refractivity contribution in [2.75, 3.05) is 19.6 Å². The molecule has 84 valence electrons. The monoisotopic (exact) mass is 210 g/mol. The molecule has 5 nitrogen and oxygen atoms in total. The standard InChI is InChI=1S/C10H18N4O/c1-3-5-14(6-4-11)10(15)9-7-12-13-8(9)2/h7H,3-6,11H2,1-2H3,(H,12,13). The Morgan fingerprint density at radius 1 is 1.60 bits per heavy atom. The molecule has 0 aliphatic heterocycles. The third-order valence-corrected chi connectivity index (χ3v) is 2.24. The third-order valence-electron chi connectivity index (χ3n) is 2.24. The fraction of sp³-hybridized carbons (Fsp3) is 0.600. The van der Waals surface area contributed by atoms with Gasteiger partial charge in [-0.15, -0.1) is 0 Å². The Hall–Kier alpha value is -1.36. The molecule has 0 aliphatic rings. The summed E-state index contributed by atoms with van der Waals surface area (Å²) < 4.78 is 0. The van der Waals surface area contributed by atoms with Crippen molar-refractivity contribution in [3.05, 3.63) is 17.5 Å². The lowest BCUT2D eigenvalue weighted by Crippen LogP contribution is -2.36. The molecular weight excluding hydrogens is 192 g/mol. The van der Waals surface area contributed by atoms with Crippen LogP contribution in [0.1, 0.15) is 29.4 Å². The van der Waals surface area contributed by atoms with Crippen LogP contribution in [0.4, 0.5) is 0 Å². The van der Waals surface area contributed by atoms with Crippen LogP contribution in [0.2, 0.25) is 0 Å². The average molecular weight is 210 g/mol. The molecule has 0 unspecified atom stereocenters. The number of aromatic amines is 1. The second-order valence-corrected chi connectivity index (χ2v) is 3.49. The van der Waals surface area contributed by atoms with E-state index in [2.05, 4.69) is 10.2 Å². The van der Waals surface area contributed by atoms with E-state index in [9.17, 15) is 4.79 Å². The van der Waals surface area contributed by atoms with E-state index in [0.717, 1.165) is 18.7 Å². The zero-order valence-electron chi connectivity index (χ0n) is 9.29.